The summed E-state index contributed by atoms with van der Waals surface area (Å²) in [5, 5.41) is -0.130. The lowest BCUT2D eigenvalue weighted by Crippen LogP contribution is -2.03. The number of hydrogen-bond donors (Lipinski definition) is 1. The van der Waals surface area contributed by atoms with Crippen LogP contribution in [0.2, 0.25) is 5.02 Å². The molecule has 72 valence electrons. The van der Waals surface area contributed by atoms with E-state index in [-0.39, 0.29) is 10.9 Å². The summed E-state index contributed by atoms with van der Waals surface area (Å²) < 4.78 is 34.9. The molecule has 0 aromatic carbocycles. The smallest absolute Gasteiger partial charge is 0.301 e. The predicted molar refractivity (Wildman–Crippen MR) is 45.6 cm³/mol. The first kappa shape index (κ1) is 10.2. The highest BCUT2D eigenvalue weighted by Gasteiger charge is 2.21. The normalized spacial score (nSPS) is 11.3. The van der Waals surface area contributed by atoms with Crippen molar-refractivity contribution in [3.63, 3.8) is 0 Å². The second-order valence-corrected chi connectivity index (χ2v) is 3.87. The number of rotatable bonds is 2. The minimum Gasteiger partial charge on any atom is -0.480 e. The SMILES string of the molecule is COc1nccc(Cl)c1S(=O)(=O)O. The molecule has 0 amide bonds. The molecule has 1 N–H and O–H groups in total. The van der Waals surface area contributed by atoms with Gasteiger partial charge in [0.25, 0.3) is 0 Å². The van der Waals surface area contributed by atoms with Crippen LogP contribution in [0.15, 0.2) is 17.2 Å². The van der Waals surface area contributed by atoms with Gasteiger partial charge in [-0.25, -0.2) is 4.98 Å². The van der Waals surface area contributed by atoms with Gasteiger partial charge in [0.1, 0.15) is 0 Å². The van der Waals surface area contributed by atoms with E-state index in [0.717, 1.165) is 0 Å². The average molecular weight is 224 g/mol. The summed E-state index contributed by atoms with van der Waals surface area (Å²) >= 11 is 5.53. The first-order valence-corrected chi connectivity index (χ1v) is 4.94. The van der Waals surface area contributed by atoms with Gasteiger partial charge in [-0.2, -0.15) is 8.42 Å². The fourth-order valence-corrected chi connectivity index (χ4v) is 1.89. The number of methoxy groups -OCH3 is 1. The van der Waals surface area contributed by atoms with Crippen LogP contribution in [0, 0.1) is 0 Å². The molecule has 1 heterocycles. The van der Waals surface area contributed by atoms with Crippen molar-refractivity contribution in [2.75, 3.05) is 7.11 Å². The molecule has 0 saturated heterocycles. The monoisotopic (exact) mass is 223 g/mol. The molecule has 0 spiro atoms. The first-order valence-electron chi connectivity index (χ1n) is 3.13. The molecule has 13 heavy (non-hydrogen) atoms. The second-order valence-electron chi connectivity index (χ2n) is 2.11. The van der Waals surface area contributed by atoms with Crippen molar-refractivity contribution in [3.05, 3.63) is 17.3 Å². The van der Waals surface area contributed by atoms with Gasteiger partial charge in [-0.15, -0.1) is 0 Å². The molecule has 0 aliphatic carbocycles. The molecule has 1 aromatic rings. The maximum atomic E-state index is 10.8. The fourth-order valence-electron chi connectivity index (χ4n) is 0.786. The van der Waals surface area contributed by atoms with E-state index in [1.807, 2.05) is 0 Å². The van der Waals surface area contributed by atoms with Gasteiger partial charge >= 0.3 is 10.1 Å². The third-order valence-corrected chi connectivity index (χ3v) is 2.61. The summed E-state index contributed by atoms with van der Waals surface area (Å²) in [4.78, 5) is 3.06. The first-order chi connectivity index (χ1) is 5.96. The number of pyridine rings is 1. The van der Waals surface area contributed by atoms with Crippen molar-refractivity contribution in [1.82, 2.24) is 4.98 Å². The van der Waals surface area contributed by atoms with Gasteiger partial charge in [-0.1, -0.05) is 11.6 Å². The van der Waals surface area contributed by atoms with Gasteiger partial charge in [0.2, 0.25) is 5.88 Å². The highest BCUT2D eigenvalue weighted by atomic mass is 35.5. The lowest BCUT2D eigenvalue weighted by atomic mass is 10.5. The van der Waals surface area contributed by atoms with Crippen LogP contribution in [0.4, 0.5) is 0 Å². The Morgan fingerprint density at radius 3 is 2.62 bits per heavy atom. The summed E-state index contributed by atoms with van der Waals surface area (Å²) in [5.74, 6) is -0.227. The molecule has 0 unspecified atom stereocenters. The molecule has 0 bridgehead atoms. The highest BCUT2D eigenvalue weighted by molar-refractivity contribution is 7.86. The van der Waals surface area contributed by atoms with Crippen LogP contribution in [0.5, 0.6) is 5.88 Å². The summed E-state index contributed by atoms with van der Waals surface area (Å²) in [7, 11) is -3.17. The standard InChI is InChI=1S/C6H6ClNO4S/c1-12-6-5(13(9,10)11)4(7)2-3-8-6/h2-3H,1H3,(H,9,10,11). The molecule has 7 heteroatoms. The van der Waals surface area contributed by atoms with Crippen LogP contribution in [-0.2, 0) is 10.1 Å². The number of aromatic nitrogens is 1. The Hall–Kier alpha value is -0.850. The minimum absolute atomic E-state index is 0.130. The number of nitrogens with zero attached hydrogens (tertiary/aromatic N) is 1. The Balaban J connectivity index is 3.50. The van der Waals surface area contributed by atoms with Crippen molar-refractivity contribution >= 4 is 21.7 Å². The molecule has 5 nitrogen and oxygen atoms in total. The average Bonchev–Trinajstić information content (AvgIpc) is 2.01. The minimum atomic E-state index is -4.40. The Bertz CT molecular complexity index is 417. The molecule has 0 radical (unpaired) electrons. The van der Waals surface area contributed by atoms with Crippen LogP contribution in [0.3, 0.4) is 0 Å². The molecular formula is C6H6ClNO4S. The largest absolute Gasteiger partial charge is 0.480 e. The zero-order valence-corrected chi connectivity index (χ0v) is 8.13. The van der Waals surface area contributed by atoms with Crippen LogP contribution in [0.1, 0.15) is 0 Å². The molecule has 0 saturated carbocycles. The predicted octanol–water partition coefficient (Wildman–Crippen LogP) is 0.990. The Morgan fingerprint density at radius 2 is 2.23 bits per heavy atom. The Morgan fingerprint density at radius 1 is 1.62 bits per heavy atom. The number of halogens is 1. The topological polar surface area (TPSA) is 76.5 Å². The number of hydrogen-bond acceptors (Lipinski definition) is 4. The zero-order chi connectivity index (χ0) is 10.1. The van der Waals surface area contributed by atoms with Crippen molar-refractivity contribution in [2.24, 2.45) is 0 Å². The second kappa shape index (κ2) is 3.49. The van der Waals surface area contributed by atoms with E-state index in [9.17, 15) is 8.42 Å². The maximum Gasteiger partial charge on any atom is 0.301 e. The van der Waals surface area contributed by atoms with Gasteiger partial charge in [0.15, 0.2) is 4.90 Å². The van der Waals surface area contributed by atoms with Crippen molar-refractivity contribution in [3.8, 4) is 5.88 Å². The van der Waals surface area contributed by atoms with E-state index >= 15 is 0 Å². The van der Waals surface area contributed by atoms with Gasteiger partial charge in [0, 0.05) is 6.20 Å². The summed E-state index contributed by atoms with van der Waals surface area (Å²) in [5.41, 5.74) is 0. The van der Waals surface area contributed by atoms with E-state index in [2.05, 4.69) is 9.72 Å². The zero-order valence-electron chi connectivity index (χ0n) is 6.56. The fraction of sp³-hybridized carbons (Fsp3) is 0.167. The molecule has 0 atom stereocenters. The third-order valence-electron chi connectivity index (χ3n) is 1.28. The quantitative estimate of drug-likeness (QED) is 0.757. The molecule has 0 fully saturated rings. The Labute approximate surface area is 80.1 Å². The van der Waals surface area contributed by atoms with Crippen LogP contribution in [-0.4, -0.2) is 25.1 Å². The lowest BCUT2D eigenvalue weighted by molar-refractivity contribution is 0.381. The summed E-state index contributed by atoms with van der Waals surface area (Å²) in [6.07, 6.45) is 1.27. The molecular weight excluding hydrogens is 218 g/mol. The third kappa shape index (κ3) is 2.09. The van der Waals surface area contributed by atoms with Gasteiger partial charge in [0.05, 0.1) is 12.1 Å². The molecule has 1 aromatic heterocycles. The molecule has 0 aliphatic rings. The van der Waals surface area contributed by atoms with E-state index in [1.54, 1.807) is 0 Å². The van der Waals surface area contributed by atoms with Crippen LogP contribution in [0.25, 0.3) is 0 Å². The van der Waals surface area contributed by atoms with Crippen molar-refractivity contribution < 1.29 is 17.7 Å². The van der Waals surface area contributed by atoms with Crippen LogP contribution >= 0.6 is 11.6 Å². The molecule has 0 aliphatic heterocycles. The summed E-state index contributed by atoms with van der Waals surface area (Å²) in [6.45, 7) is 0. The number of ether oxygens (including phenoxy) is 1. The summed E-state index contributed by atoms with van der Waals surface area (Å²) in [6, 6.07) is 1.24. The van der Waals surface area contributed by atoms with E-state index < -0.39 is 15.0 Å². The van der Waals surface area contributed by atoms with Gasteiger partial charge < -0.3 is 4.74 Å². The molecule has 1 rings (SSSR count). The maximum absolute atomic E-state index is 10.8. The Kier molecular flexibility index (Phi) is 2.74. The van der Waals surface area contributed by atoms with E-state index in [0.29, 0.717) is 0 Å². The van der Waals surface area contributed by atoms with Crippen molar-refractivity contribution in [2.45, 2.75) is 4.90 Å². The van der Waals surface area contributed by atoms with Gasteiger partial charge in [-0.05, 0) is 6.07 Å². The van der Waals surface area contributed by atoms with E-state index in [4.69, 9.17) is 16.2 Å². The van der Waals surface area contributed by atoms with Crippen molar-refractivity contribution in [1.29, 1.82) is 0 Å². The lowest BCUT2D eigenvalue weighted by Gasteiger charge is -2.04. The van der Waals surface area contributed by atoms with E-state index in [1.165, 1.54) is 19.4 Å². The van der Waals surface area contributed by atoms with Crippen LogP contribution < -0.4 is 4.74 Å². The van der Waals surface area contributed by atoms with Gasteiger partial charge in [-0.3, -0.25) is 4.55 Å². The highest BCUT2D eigenvalue weighted by Crippen LogP contribution is 2.28.